The molecule has 2 fully saturated rings. The van der Waals surface area contributed by atoms with Crippen molar-refractivity contribution >= 4 is 33.2 Å². The molecule has 1 saturated carbocycles. The van der Waals surface area contributed by atoms with Crippen LogP contribution in [0.4, 0.5) is 10.3 Å². The van der Waals surface area contributed by atoms with Crippen LogP contribution >= 0.6 is 11.3 Å². The van der Waals surface area contributed by atoms with Gasteiger partial charge in [-0.05, 0) is 31.2 Å². The van der Waals surface area contributed by atoms with E-state index < -0.39 is 15.8 Å². The summed E-state index contributed by atoms with van der Waals surface area (Å²) in [6.07, 6.45) is 5.07. The summed E-state index contributed by atoms with van der Waals surface area (Å²) in [6, 6.07) is 1.74. The highest BCUT2D eigenvalue weighted by atomic mass is 32.2. The molecule has 1 N–H and O–H groups in total. The van der Waals surface area contributed by atoms with Gasteiger partial charge in [0.1, 0.15) is 5.69 Å². The van der Waals surface area contributed by atoms with Gasteiger partial charge in [-0.3, -0.25) is 4.79 Å². The van der Waals surface area contributed by atoms with E-state index in [0.29, 0.717) is 42.4 Å². The Bertz CT molecular complexity index is 1190. The maximum atomic E-state index is 14.7. The molecule has 1 amide bonds. The standard InChI is InChI=1S/C21H26FN5O3S2/c1-12-10-27(32(3,29)30)7-4-15(12)24-20-23-9-14(22)17(25-20)16-8-13-18(31-16)21(5-6-21)11-26(2)19(13)28/h8-9,12,15H,4-7,10-11H2,1-3H3,(H,23,24,25)/t12-,15+/m1/s1. The number of sulfonamides is 1. The number of hydrogen-bond donors (Lipinski definition) is 1. The lowest BCUT2D eigenvalue weighted by atomic mass is 9.95. The number of aromatic nitrogens is 2. The number of thiophene rings is 1. The maximum Gasteiger partial charge on any atom is 0.254 e. The van der Waals surface area contributed by atoms with E-state index in [-0.39, 0.29) is 29.0 Å². The predicted molar refractivity (Wildman–Crippen MR) is 121 cm³/mol. The van der Waals surface area contributed by atoms with Crippen LogP contribution in [0, 0.1) is 11.7 Å². The maximum absolute atomic E-state index is 14.7. The Morgan fingerprint density at radius 1 is 1.34 bits per heavy atom. The number of nitrogens with zero attached hydrogens (tertiary/aromatic N) is 4. The lowest BCUT2D eigenvalue weighted by Gasteiger charge is -2.35. The Morgan fingerprint density at radius 2 is 2.09 bits per heavy atom. The highest BCUT2D eigenvalue weighted by Crippen LogP contribution is 2.55. The second kappa shape index (κ2) is 7.46. The third-order valence-electron chi connectivity index (χ3n) is 6.81. The molecule has 2 atom stereocenters. The second-order valence-electron chi connectivity index (χ2n) is 9.32. The predicted octanol–water partition coefficient (Wildman–Crippen LogP) is 2.54. The fourth-order valence-corrected chi connectivity index (χ4v) is 7.12. The van der Waals surface area contributed by atoms with Gasteiger partial charge < -0.3 is 10.2 Å². The number of hydrogen-bond acceptors (Lipinski definition) is 7. The lowest BCUT2D eigenvalue weighted by Crippen LogP contribution is -2.47. The number of carbonyl (C=O) groups excluding carboxylic acids is 1. The van der Waals surface area contributed by atoms with Crippen LogP contribution < -0.4 is 5.32 Å². The molecule has 2 aliphatic heterocycles. The van der Waals surface area contributed by atoms with Crippen LogP contribution in [0.3, 0.4) is 0 Å². The SMILES string of the molecule is C[C@@H]1CN(S(C)(=O)=O)CC[C@@H]1Nc1ncc(F)c(-c2cc3c(s2)C2(CC2)CN(C)C3=O)n1. The summed E-state index contributed by atoms with van der Waals surface area (Å²) < 4.78 is 39.9. The number of amides is 1. The second-order valence-corrected chi connectivity index (χ2v) is 12.4. The van der Waals surface area contributed by atoms with Gasteiger partial charge in [-0.15, -0.1) is 11.3 Å². The van der Waals surface area contributed by atoms with Crippen LogP contribution in [0.25, 0.3) is 10.6 Å². The van der Waals surface area contributed by atoms with E-state index >= 15 is 0 Å². The highest BCUT2D eigenvalue weighted by Gasteiger charge is 2.52. The quantitative estimate of drug-likeness (QED) is 0.724. The Hall–Kier alpha value is -2.11. The number of likely N-dealkylation sites (N-methyl/N-ethyl adjacent to an activating group) is 1. The van der Waals surface area contributed by atoms with Crippen molar-refractivity contribution in [3.63, 3.8) is 0 Å². The molecule has 2 aromatic rings. The van der Waals surface area contributed by atoms with Gasteiger partial charge in [0.25, 0.3) is 5.91 Å². The number of carbonyl (C=O) groups is 1. The van der Waals surface area contributed by atoms with Crippen LogP contribution in [0.2, 0.25) is 0 Å². The summed E-state index contributed by atoms with van der Waals surface area (Å²) in [5.74, 6) is -0.200. The zero-order valence-corrected chi connectivity index (χ0v) is 19.9. The number of nitrogens with one attached hydrogen (secondary N) is 1. The molecule has 4 heterocycles. The Morgan fingerprint density at radius 3 is 2.75 bits per heavy atom. The van der Waals surface area contributed by atoms with Crippen LogP contribution in [0.1, 0.15) is 41.4 Å². The van der Waals surface area contributed by atoms with E-state index in [4.69, 9.17) is 0 Å². The first-order chi connectivity index (χ1) is 15.1. The number of halogens is 1. The topological polar surface area (TPSA) is 95.5 Å². The molecule has 2 aromatic heterocycles. The summed E-state index contributed by atoms with van der Waals surface area (Å²) in [5.41, 5.74) is 0.869. The lowest BCUT2D eigenvalue weighted by molar-refractivity contribution is 0.0760. The minimum absolute atomic E-state index is 0.0205. The van der Waals surface area contributed by atoms with Crippen molar-refractivity contribution < 1.29 is 17.6 Å². The fourth-order valence-electron chi connectivity index (χ4n) is 4.80. The number of piperidine rings is 1. The fraction of sp³-hybridized carbons (Fsp3) is 0.571. The number of fused-ring (bicyclic) bond motifs is 2. The molecule has 8 nitrogen and oxygen atoms in total. The molecule has 3 aliphatic rings. The van der Waals surface area contributed by atoms with Gasteiger partial charge in [0.05, 0.1) is 22.9 Å². The number of rotatable bonds is 4. The molecule has 5 rings (SSSR count). The summed E-state index contributed by atoms with van der Waals surface area (Å²) in [4.78, 5) is 24.7. The first-order valence-electron chi connectivity index (χ1n) is 10.7. The molecular weight excluding hydrogens is 453 g/mol. The van der Waals surface area contributed by atoms with E-state index in [1.807, 2.05) is 14.0 Å². The van der Waals surface area contributed by atoms with Crippen molar-refractivity contribution in [3.8, 4) is 10.6 Å². The van der Waals surface area contributed by atoms with Crippen molar-refractivity contribution in [1.29, 1.82) is 0 Å². The van der Waals surface area contributed by atoms with Gasteiger partial charge in [-0.2, -0.15) is 0 Å². The molecule has 32 heavy (non-hydrogen) atoms. The first-order valence-corrected chi connectivity index (χ1v) is 13.4. The van der Waals surface area contributed by atoms with Gasteiger partial charge in [-0.1, -0.05) is 6.92 Å². The molecule has 0 aromatic carbocycles. The van der Waals surface area contributed by atoms with Crippen LogP contribution in [0.5, 0.6) is 0 Å². The van der Waals surface area contributed by atoms with E-state index in [1.54, 1.807) is 11.0 Å². The third kappa shape index (κ3) is 3.69. The van der Waals surface area contributed by atoms with Crippen molar-refractivity contribution in [2.24, 2.45) is 5.92 Å². The average Bonchev–Trinajstić information content (AvgIpc) is 3.34. The number of anilines is 1. The van der Waals surface area contributed by atoms with Crippen molar-refractivity contribution in [3.05, 3.63) is 28.5 Å². The molecule has 0 radical (unpaired) electrons. The average molecular weight is 480 g/mol. The van der Waals surface area contributed by atoms with Gasteiger partial charge in [-0.25, -0.2) is 27.1 Å². The van der Waals surface area contributed by atoms with Crippen molar-refractivity contribution in [1.82, 2.24) is 19.2 Å². The molecule has 11 heteroatoms. The van der Waals surface area contributed by atoms with Gasteiger partial charge in [0.15, 0.2) is 5.82 Å². The van der Waals surface area contributed by atoms with E-state index in [9.17, 15) is 17.6 Å². The Labute approximate surface area is 190 Å². The van der Waals surface area contributed by atoms with Crippen LogP contribution in [0.15, 0.2) is 12.3 Å². The molecule has 172 valence electrons. The molecule has 1 spiro atoms. The molecule has 0 unspecified atom stereocenters. The van der Waals surface area contributed by atoms with Crippen molar-refractivity contribution in [2.75, 3.05) is 38.3 Å². The Kier molecular flexibility index (Phi) is 5.06. The third-order valence-corrected chi connectivity index (χ3v) is 9.47. The van der Waals surface area contributed by atoms with Gasteiger partial charge in [0, 0.05) is 43.0 Å². The summed E-state index contributed by atoms with van der Waals surface area (Å²) in [5, 5.41) is 3.27. The monoisotopic (exact) mass is 479 g/mol. The minimum atomic E-state index is -3.22. The summed E-state index contributed by atoms with van der Waals surface area (Å²) >= 11 is 1.46. The first kappa shape index (κ1) is 21.7. The largest absolute Gasteiger partial charge is 0.351 e. The zero-order valence-electron chi connectivity index (χ0n) is 18.3. The molecule has 1 aliphatic carbocycles. The van der Waals surface area contributed by atoms with E-state index in [1.165, 1.54) is 21.9 Å². The Balaban J connectivity index is 1.40. The molecular formula is C21H26FN5O3S2. The van der Waals surface area contributed by atoms with Gasteiger partial charge in [0.2, 0.25) is 16.0 Å². The molecule has 0 bridgehead atoms. The zero-order chi connectivity index (χ0) is 22.8. The molecule has 1 saturated heterocycles. The summed E-state index contributed by atoms with van der Waals surface area (Å²) in [6.45, 7) is 3.52. The summed E-state index contributed by atoms with van der Waals surface area (Å²) in [7, 11) is -1.41. The highest BCUT2D eigenvalue weighted by molar-refractivity contribution is 7.88. The van der Waals surface area contributed by atoms with Crippen LogP contribution in [-0.2, 0) is 15.4 Å². The van der Waals surface area contributed by atoms with E-state index in [0.717, 1.165) is 23.9 Å². The van der Waals surface area contributed by atoms with Gasteiger partial charge >= 0.3 is 0 Å². The van der Waals surface area contributed by atoms with E-state index in [2.05, 4.69) is 15.3 Å². The van der Waals surface area contributed by atoms with Crippen LogP contribution in [-0.4, -0.2) is 72.5 Å². The normalized spacial score (nSPS) is 25.1. The smallest absolute Gasteiger partial charge is 0.254 e. The minimum Gasteiger partial charge on any atom is -0.351 e. The van der Waals surface area contributed by atoms with Crippen molar-refractivity contribution in [2.45, 2.75) is 37.6 Å².